The smallest absolute Gasteiger partial charge is 0.331 e. The fourth-order valence-electron chi connectivity index (χ4n) is 3.41. The quantitative estimate of drug-likeness (QED) is 0.454. The van der Waals surface area contributed by atoms with Crippen LogP contribution in [-0.4, -0.2) is 38.9 Å². The molecule has 0 radical (unpaired) electrons. The fourth-order valence-corrected chi connectivity index (χ4v) is 3.41. The Bertz CT molecular complexity index is 895. The number of phenolic OH excluding ortho intramolecular Hbond substituents is 1. The molecule has 1 aliphatic carbocycles. The Labute approximate surface area is 161 Å². The summed E-state index contributed by atoms with van der Waals surface area (Å²) in [5, 5.41) is 31.2. The molecule has 5 N–H and O–H groups in total. The maximum atomic E-state index is 12.3. The van der Waals surface area contributed by atoms with E-state index in [4.69, 9.17) is 10.5 Å². The number of primary amides is 1. The van der Waals surface area contributed by atoms with Gasteiger partial charge in [0, 0.05) is 6.08 Å². The van der Waals surface area contributed by atoms with E-state index in [2.05, 4.69) is 0 Å². The van der Waals surface area contributed by atoms with Crippen molar-refractivity contribution in [3.8, 4) is 5.75 Å². The second-order valence-electron chi connectivity index (χ2n) is 6.82. The molecule has 0 spiro atoms. The molecule has 0 unspecified atom stereocenters. The first kappa shape index (κ1) is 19.6. The molecule has 0 aromatic heterocycles. The molecule has 1 fully saturated rings. The van der Waals surface area contributed by atoms with Crippen molar-refractivity contribution in [2.75, 3.05) is 0 Å². The number of hydrogen-bond donors (Lipinski definition) is 4. The van der Waals surface area contributed by atoms with Crippen LogP contribution in [0.15, 0.2) is 60.7 Å². The van der Waals surface area contributed by atoms with Gasteiger partial charge >= 0.3 is 5.97 Å². The third-order valence-corrected chi connectivity index (χ3v) is 4.99. The number of benzene rings is 2. The lowest BCUT2D eigenvalue weighted by molar-refractivity contribution is -0.184. The minimum Gasteiger partial charge on any atom is -0.508 e. The molecule has 0 saturated heterocycles. The standard InChI is InChI=1S/C21H21NO6/c22-19(25)21(27)13-12-20(26,15-4-2-1-3-5-15)18(21)28-17(24)11-8-14-6-9-16(23)10-7-14/h1-11,18,23,26-27H,12-13H2,(H2,22,25)/t18-,20-,21-/m1/s1. The number of carbonyl (C=O) groups excluding carboxylic acids is 2. The number of esters is 1. The van der Waals surface area contributed by atoms with E-state index < -0.39 is 29.2 Å². The van der Waals surface area contributed by atoms with Crippen LogP contribution in [0.4, 0.5) is 0 Å². The van der Waals surface area contributed by atoms with Crippen molar-refractivity contribution in [1.82, 2.24) is 0 Å². The van der Waals surface area contributed by atoms with Crippen LogP contribution >= 0.6 is 0 Å². The van der Waals surface area contributed by atoms with E-state index in [-0.39, 0.29) is 18.6 Å². The average molecular weight is 383 g/mol. The van der Waals surface area contributed by atoms with Crippen LogP contribution in [0.25, 0.3) is 6.08 Å². The molecule has 1 saturated carbocycles. The summed E-state index contributed by atoms with van der Waals surface area (Å²) in [5.41, 5.74) is 2.44. The Balaban J connectivity index is 1.87. The van der Waals surface area contributed by atoms with E-state index in [1.54, 1.807) is 42.5 Å². The van der Waals surface area contributed by atoms with E-state index in [1.165, 1.54) is 18.2 Å². The van der Waals surface area contributed by atoms with Crippen LogP contribution in [0, 0.1) is 0 Å². The molecule has 1 aliphatic rings. The van der Waals surface area contributed by atoms with Crippen LogP contribution in [0.2, 0.25) is 0 Å². The number of amides is 1. The summed E-state index contributed by atoms with van der Waals surface area (Å²) in [4.78, 5) is 24.2. The molecule has 7 heteroatoms. The molecule has 7 nitrogen and oxygen atoms in total. The van der Waals surface area contributed by atoms with Crippen LogP contribution in [0.5, 0.6) is 5.75 Å². The maximum Gasteiger partial charge on any atom is 0.331 e. The minimum absolute atomic E-state index is 0.00389. The Morgan fingerprint density at radius 2 is 1.68 bits per heavy atom. The summed E-state index contributed by atoms with van der Waals surface area (Å²) in [6.45, 7) is 0. The molecule has 28 heavy (non-hydrogen) atoms. The van der Waals surface area contributed by atoms with Gasteiger partial charge in [0.25, 0.3) is 5.91 Å². The van der Waals surface area contributed by atoms with E-state index in [0.717, 1.165) is 6.08 Å². The van der Waals surface area contributed by atoms with E-state index in [9.17, 15) is 24.9 Å². The molecule has 146 valence electrons. The molecule has 3 atom stereocenters. The molecule has 0 aliphatic heterocycles. The molecule has 3 rings (SSSR count). The first-order valence-electron chi connectivity index (χ1n) is 8.73. The lowest BCUT2D eigenvalue weighted by Crippen LogP contribution is -2.56. The number of rotatable bonds is 5. The van der Waals surface area contributed by atoms with Gasteiger partial charge in [0.15, 0.2) is 11.7 Å². The van der Waals surface area contributed by atoms with E-state index >= 15 is 0 Å². The predicted octanol–water partition coefficient (Wildman–Crippen LogP) is 1.22. The SMILES string of the molecule is NC(=O)[C@@]1(O)CC[C@@](O)(c2ccccc2)[C@H]1OC(=O)C=Cc1ccc(O)cc1. The van der Waals surface area contributed by atoms with Crippen molar-refractivity contribution in [3.63, 3.8) is 0 Å². The molecule has 0 heterocycles. The molecular weight excluding hydrogens is 362 g/mol. The summed E-state index contributed by atoms with van der Waals surface area (Å²) in [7, 11) is 0. The number of aliphatic hydroxyl groups is 2. The van der Waals surface area contributed by atoms with Gasteiger partial charge in [-0.1, -0.05) is 42.5 Å². The van der Waals surface area contributed by atoms with Gasteiger partial charge in [-0.25, -0.2) is 4.79 Å². The summed E-state index contributed by atoms with van der Waals surface area (Å²) < 4.78 is 5.33. The second-order valence-corrected chi connectivity index (χ2v) is 6.82. The molecule has 2 aromatic carbocycles. The Hall–Kier alpha value is -3.16. The Morgan fingerprint density at radius 3 is 2.29 bits per heavy atom. The zero-order valence-corrected chi connectivity index (χ0v) is 15.0. The summed E-state index contributed by atoms with van der Waals surface area (Å²) >= 11 is 0. The van der Waals surface area contributed by atoms with Gasteiger partial charge in [0.05, 0.1) is 0 Å². The highest BCUT2D eigenvalue weighted by atomic mass is 16.6. The van der Waals surface area contributed by atoms with E-state index in [0.29, 0.717) is 11.1 Å². The van der Waals surface area contributed by atoms with Gasteiger partial charge in [0.1, 0.15) is 11.4 Å². The highest BCUT2D eigenvalue weighted by Gasteiger charge is 2.62. The van der Waals surface area contributed by atoms with Gasteiger partial charge in [-0.15, -0.1) is 0 Å². The first-order valence-corrected chi connectivity index (χ1v) is 8.73. The number of nitrogens with two attached hydrogens (primary N) is 1. The number of phenols is 1. The summed E-state index contributed by atoms with van der Waals surface area (Å²) in [6.07, 6.45) is 0.847. The molecular formula is C21H21NO6. The van der Waals surface area contributed by atoms with Crippen molar-refractivity contribution in [3.05, 3.63) is 71.8 Å². The maximum absolute atomic E-state index is 12.3. The van der Waals surface area contributed by atoms with Gasteiger partial charge in [0.2, 0.25) is 0 Å². The van der Waals surface area contributed by atoms with Crippen molar-refractivity contribution < 1.29 is 29.6 Å². The Kier molecular flexibility index (Phi) is 5.22. The highest BCUT2D eigenvalue weighted by Crippen LogP contribution is 2.46. The van der Waals surface area contributed by atoms with Crippen LogP contribution < -0.4 is 5.73 Å². The zero-order valence-electron chi connectivity index (χ0n) is 15.0. The van der Waals surface area contributed by atoms with Gasteiger partial charge in [-0.05, 0) is 42.2 Å². The van der Waals surface area contributed by atoms with Gasteiger partial charge < -0.3 is 25.8 Å². The molecule has 2 aromatic rings. The fraction of sp³-hybridized carbons (Fsp3) is 0.238. The molecule has 1 amide bonds. The number of hydrogen-bond acceptors (Lipinski definition) is 6. The monoisotopic (exact) mass is 383 g/mol. The lowest BCUT2D eigenvalue weighted by atomic mass is 9.86. The van der Waals surface area contributed by atoms with Crippen molar-refractivity contribution >= 4 is 18.0 Å². The topological polar surface area (TPSA) is 130 Å². The van der Waals surface area contributed by atoms with Gasteiger partial charge in [-0.2, -0.15) is 0 Å². The second kappa shape index (κ2) is 7.46. The Morgan fingerprint density at radius 1 is 1.04 bits per heavy atom. The van der Waals surface area contributed by atoms with Crippen LogP contribution in [-0.2, 0) is 19.9 Å². The minimum atomic E-state index is -2.19. The van der Waals surface area contributed by atoms with Crippen molar-refractivity contribution in [2.24, 2.45) is 5.73 Å². The largest absolute Gasteiger partial charge is 0.508 e. The third-order valence-electron chi connectivity index (χ3n) is 4.99. The third kappa shape index (κ3) is 3.62. The van der Waals surface area contributed by atoms with Gasteiger partial charge in [-0.3, -0.25) is 4.79 Å². The summed E-state index contributed by atoms with van der Waals surface area (Å²) in [6, 6.07) is 14.5. The highest BCUT2D eigenvalue weighted by molar-refractivity contribution is 5.89. The van der Waals surface area contributed by atoms with Crippen molar-refractivity contribution in [2.45, 2.75) is 30.1 Å². The molecule has 0 bridgehead atoms. The van der Waals surface area contributed by atoms with Crippen LogP contribution in [0.3, 0.4) is 0 Å². The lowest BCUT2D eigenvalue weighted by Gasteiger charge is -2.35. The van der Waals surface area contributed by atoms with Crippen molar-refractivity contribution in [1.29, 1.82) is 0 Å². The predicted molar refractivity (Wildman–Crippen MR) is 101 cm³/mol. The first-order chi connectivity index (χ1) is 13.3. The number of ether oxygens (including phenoxy) is 1. The average Bonchev–Trinajstić information content (AvgIpc) is 2.96. The number of aromatic hydroxyl groups is 1. The number of carbonyl (C=O) groups is 2. The zero-order chi connectivity index (χ0) is 20.4. The van der Waals surface area contributed by atoms with Crippen LogP contribution in [0.1, 0.15) is 24.0 Å². The summed E-state index contributed by atoms with van der Waals surface area (Å²) in [5.74, 6) is -1.83. The van der Waals surface area contributed by atoms with E-state index in [1.807, 2.05) is 0 Å². The normalized spacial score (nSPS) is 27.0.